The topological polar surface area (TPSA) is 46.3 Å². The molecule has 27 heavy (non-hydrogen) atoms. The molecule has 1 fully saturated rings. The standard InChI is InChI=1S/C21H20Cl2N2O2/c22-16-7-3-5-14(20(16)23)10-11-19(26)25-12-4-6-15(13-25)21-24-17-8-1-2-9-18(17)27-21/h1-3,5,7-9,15H,4,6,10-13H2. The Balaban J connectivity index is 1.41. The van der Waals surface area contributed by atoms with Gasteiger partial charge in [-0.1, -0.05) is 47.5 Å². The van der Waals surface area contributed by atoms with E-state index in [4.69, 9.17) is 27.6 Å². The molecule has 0 radical (unpaired) electrons. The van der Waals surface area contributed by atoms with Crippen molar-refractivity contribution in [3.05, 3.63) is 64.0 Å². The zero-order chi connectivity index (χ0) is 18.8. The number of piperidine rings is 1. The van der Waals surface area contributed by atoms with E-state index in [1.54, 1.807) is 6.07 Å². The number of fused-ring (bicyclic) bond motifs is 1. The molecule has 4 rings (SSSR count). The Morgan fingerprint density at radius 1 is 1.19 bits per heavy atom. The van der Waals surface area contributed by atoms with E-state index in [2.05, 4.69) is 4.98 Å². The van der Waals surface area contributed by atoms with E-state index < -0.39 is 0 Å². The van der Waals surface area contributed by atoms with Crippen molar-refractivity contribution in [2.75, 3.05) is 13.1 Å². The lowest BCUT2D eigenvalue weighted by molar-refractivity contribution is -0.132. The molecule has 2 aromatic carbocycles. The third kappa shape index (κ3) is 3.97. The molecule has 0 aliphatic carbocycles. The summed E-state index contributed by atoms with van der Waals surface area (Å²) in [5, 5.41) is 1.06. The number of para-hydroxylation sites is 2. The van der Waals surface area contributed by atoms with Crippen LogP contribution in [-0.4, -0.2) is 28.9 Å². The van der Waals surface area contributed by atoms with Gasteiger partial charge in [0.1, 0.15) is 5.52 Å². The maximum Gasteiger partial charge on any atom is 0.222 e. The van der Waals surface area contributed by atoms with Crippen LogP contribution in [0.15, 0.2) is 46.9 Å². The second kappa shape index (κ2) is 7.91. The average Bonchev–Trinajstić information content (AvgIpc) is 3.13. The zero-order valence-electron chi connectivity index (χ0n) is 14.8. The van der Waals surface area contributed by atoms with Gasteiger partial charge in [-0.2, -0.15) is 0 Å². The molecule has 1 unspecified atom stereocenters. The van der Waals surface area contributed by atoms with Crippen molar-refractivity contribution in [2.45, 2.75) is 31.6 Å². The van der Waals surface area contributed by atoms with Gasteiger partial charge in [0.05, 0.1) is 16.0 Å². The summed E-state index contributed by atoms with van der Waals surface area (Å²) in [5.74, 6) is 1.00. The minimum atomic E-state index is 0.131. The molecule has 4 nitrogen and oxygen atoms in total. The number of aromatic nitrogens is 1. The first kappa shape index (κ1) is 18.3. The smallest absolute Gasteiger partial charge is 0.222 e. The van der Waals surface area contributed by atoms with Crippen molar-refractivity contribution >= 4 is 40.2 Å². The number of halogens is 2. The lowest BCUT2D eigenvalue weighted by Gasteiger charge is -2.31. The number of nitrogens with zero attached hydrogens (tertiary/aromatic N) is 2. The van der Waals surface area contributed by atoms with Crippen LogP contribution in [-0.2, 0) is 11.2 Å². The van der Waals surface area contributed by atoms with Crippen LogP contribution < -0.4 is 0 Å². The van der Waals surface area contributed by atoms with Crippen LogP contribution in [0, 0.1) is 0 Å². The van der Waals surface area contributed by atoms with Gasteiger partial charge in [-0.25, -0.2) is 4.98 Å². The number of hydrogen-bond donors (Lipinski definition) is 0. The van der Waals surface area contributed by atoms with Crippen molar-refractivity contribution < 1.29 is 9.21 Å². The molecule has 0 spiro atoms. The maximum absolute atomic E-state index is 12.7. The number of oxazole rings is 1. The fourth-order valence-corrected chi connectivity index (χ4v) is 4.03. The highest BCUT2D eigenvalue weighted by molar-refractivity contribution is 6.42. The summed E-state index contributed by atoms with van der Waals surface area (Å²) >= 11 is 12.3. The number of aryl methyl sites for hydroxylation is 1. The van der Waals surface area contributed by atoms with E-state index in [-0.39, 0.29) is 11.8 Å². The van der Waals surface area contributed by atoms with Crippen LogP contribution in [0.1, 0.15) is 36.6 Å². The molecular weight excluding hydrogens is 383 g/mol. The number of hydrogen-bond acceptors (Lipinski definition) is 3. The van der Waals surface area contributed by atoms with Gasteiger partial charge in [0, 0.05) is 19.5 Å². The van der Waals surface area contributed by atoms with E-state index in [1.165, 1.54) is 0 Å². The molecule has 0 N–H and O–H groups in total. The van der Waals surface area contributed by atoms with Crippen molar-refractivity contribution in [1.29, 1.82) is 0 Å². The first-order valence-corrected chi connectivity index (χ1v) is 9.93. The molecule has 0 bridgehead atoms. The number of amides is 1. The first-order valence-electron chi connectivity index (χ1n) is 9.18. The van der Waals surface area contributed by atoms with Gasteiger partial charge in [-0.15, -0.1) is 0 Å². The number of rotatable bonds is 4. The molecular formula is C21H20Cl2N2O2. The second-order valence-electron chi connectivity index (χ2n) is 6.91. The monoisotopic (exact) mass is 402 g/mol. The Bertz CT molecular complexity index is 937. The third-order valence-electron chi connectivity index (χ3n) is 5.07. The highest BCUT2D eigenvalue weighted by Crippen LogP contribution is 2.30. The zero-order valence-corrected chi connectivity index (χ0v) is 16.3. The first-order chi connectivity index (χ1) is 13.1. The number of benzene rings is 2. The van der Waals surface area contributed by atoms with Crippen LogP contribution >= 0.6 is 23.2 Å². The fourth-order valence-electron chi connectivity index (χ4n) is 3.61. The van der Waals surface area contributed by atoms with Crippen LogP contribution in [0.3, 0.4) is 0 Å². The van der Waals surface area contributed by atoms with Crippen molar-refractivity contribution in [3.8, 4) is 0 Å². The summed E-state index contributed by atoms with van der Waals surface area (Å²) in [5.41, 5.74) is 2.57. The third-order valence-corrected chi connectivity index (χ3v) is 5.93. The second-order valence-corrected chi connectivity index (χ2v) is 7.70. The van der Waals surface area contributed by atoms with Crippen LogP contribution in [0.4, 0.5) is 0 Å². The summed E-state index contributed by atoms with van der Waals surface area (Å²) in [6, 6.07) is 13.3. The minimum Gasteiger partial charge on any atom is -0.440 e. The molecule has 2 heterocycles. The van der Waals surface area contributed by atoms with Gasteiger partial charge in [-0.05, 0) is 43.0 Å². The molecule has 6 heteroatoms. The highest BCUT2D eigenvalue weighted by atomic mass is 35.5. The normalized spacial score (nSPS) is 17.4. The fraction of sp³-hybridized carbons (Fsp3) is 0.333. The van der Waals surface area contributed by atoms with Crippen LogP contribution in [0.2, 0.25) is 10.0 Å². The van der Waals surface area contributed by atoms with Crippen LogP contribution in [0.25, 0.3) is 11.1 Å². The summed E-state index contributed by atoms with van der Waals surface area (Å²) in [6.07, 6.45) is 2.94. The van der Waals surface area contributed by atoms with E-state index in [0.29, 0.717) is 29.4 Å². The van der Waals surface area contributed by atoms with Crippen molar-refractivity contribution in [2.24, 2.45) is 0 Å². The van der Waals surface area contributed by atoms with Gasteiger partial charge >= 0.3 is 0 Å². The Morgan fingerprint density at radius 3 is 2.89 bits per heavy atom. The quantitative estimate of drug-likeness (QED) is 0.580. The molecule has 0 saturated carbocycles. The van der Waals surface area contributed by atoms with Crippen LogP contribution in [0.5, 0.6) is 0 Å². The van der Waals surface area contributed by atoms with Crippen molar-refractivity contribution in [1.82, 2.24) is 9.88 Å². The molecule has 1 aliphatic heterocycles. The Labute approximate surface area is 168 Å². The molecule has 1 amide bonds. The van der Waals surface area contributed by atoms with Crippen molar-refractivity contribution in [3.63, 3.8) is 0 Å². The van der Waals surface area contributed by atoms with Gasteiger partial charge < -0.3 is 9.32 Å². The van der Waals surface area contributed by atoms with Gasteiger partial charge in [0.15, 0.2) is 11.5 Å². The van der Waals surface area contributed by atoms with Gasteiger partial charge in [0.2, 0.25) is 5.91 Å². The van der Waals surface area contributed by atoms with E-state index in [9.17, 15) is 4.79 Å². The molecule has 1 saturated heterocycles. The SMILES string of the molecule is O=C(CCc1cccc(Cl)c1Cl)N1CCCC(c2nc3ccccc3o2)C1. The molecule has 3 aromatic rings. The summed E-state index contributed by atoms with van der Waals surface area (Å²) in [6.45, 7) is 1.42. The Hall–Kier alpha value is -2.04. The average molecular weight is 403 g/mol. The lowest BCUT2D eigenvalue weighted by Crippen LogP contribution is -2.39. The van der Waals surface area contributed by atoms with E-state index in [1.807, 2.05) is 41.3 Å². The molecule has 140 valence electrons. The van der Waals surface area contributed by atoms with E-state index in [0.717, 1.165) is 41.9 Å². The highest BCUT2D eigenvalue weighted by Gasteiger charge is 2.28. The number of likely N-dealkylation sites (tertiary alicyclic amines) is 1. The Morgan fingerprint density at radius 2 is 2.04 bits per heavy atom. The lowest BCUT2D eigenvalue weighted by atomic mass is 9.97. The predicted molar refractivity (Wildman–Crippen MR) is 107 cm³/mol. The molecule has 1 aliphatic rings. The molecule has 1 aromatic heterocycles. The summed E-state index contributed by atoms with van der Waals surface area (Å²) < 4.78 is 5.91. The molecule has 1 atom stereocenters. The summed E-state index contributed by atoms with van der Waals surface area (Å²) in [4.78, 5) is 19.2. The minimum absolute atomic E-state index is 0.131. The largest absolute Gasteiger partial charge is 0.440 e. The van der Waals surface area contributed by atoms with Gasteiger partial charge in [-0.3, -0.25) is 4.79 Å². The predicted octanol–water partition coefficient (Wildman–Crippen LogP) is 5.47. The number of carbonyl (C=O) groups excluding carboxylic acids is 1. The number of carbonyl (C=O) groups is 1. The Kier molecular flexibility index (Phi) is 5.37. The summed E-state index contributed by atoms with van der Waals surface area (Å²) in [7, 11) is 0. The van der Waals surface area contributed by atoms with Gasteiger partial charge in [0.25, 0.3) is 0 Å². The van der Waals surface area contributed by atoms with E-state index >= 15 is 0 Å². The maximum atomic E-state index is 12.7.